The van der Waals surface area contributed by atoms with Gasteiger partial charge in [0.15, 0.2) is 17.7 Å². The van der Waals surface area contributed by atoms with Crippen molar-refractivity contribution in [3.8, 4) is 0 Å². The molecule has 2 rings (SSSR count). The van der Waals surface area contributed by atoms with Crippen LogP contribution in [-0.2, 0) is 15.1 Å². The van der Waals surface area contributed by atoms with Gasteiger partial charge in [-0.15, -0.1) is 0 Å². The van der Waals surface area contributed by atoms with Gasteiger partial charge in [-0.3, -0.25) is 4.79 Å². The number of ether oxygens (including phenoxy) is 1. The normalized spacial score (nSPS) is 30.5. The van der Waals surface area contributed by atoms with Gasteiger partial charge in [0.1, 0.15) is 0 Å². The molecular weight excluding hydrogens is 192 g/mol. The van der Waals surface area contributed by atoms with E-state index in [1.807, 2.05) is 30.3 Å². The minimum atomic E-state index is -1.07. The van der Waals surface area contributed by atoms with Gasteiger partial charge < -0.3 is 9.84 Å². The van der Waals surface area contributed by atoms with Crippen molar-refractivity contribution in [1.29, 1.82) is 0 Å². The molecule has 1 unspecified atom stereocenters. The maximum atomic E-state index is 11.7. The zero-order valence-corrected chi connectivity index (χ0v) is 8.38. The molecule has 3 nitrogen and oxygen atoms in total. The SMILES string of the molecule is CC1(c2ccccc2)O[C@@H](O)C=CC1=O. The Morgan fingerprint density at radius 2 is 2.00 bits per heavy atom. The number of ketones is 1. The first-order chi connectivity index (χ1) is 7.13. The largest absolute Gasteiger partial charge is 0.365 e. The fourth-order valence-electron chi connectivity index (χ4n) is 1.63. The van der Waals surface area contributed by atoms with E-state index >= 15 is 0 Å². The molecule has 1 aliphatic heterocycles. The molecule has 1 heterocycles. The van der Waals surface area contributed by atoms with Gasteiger partial charge in [-0.1, -0.05) is 30.3 Å². The van der Waals surface area contributed by atoms with Crippen molar-refractivity contribution < 1.29 is 14.6 Å². The summed E-state index contributed by atoms with van der Waals surface area (Å²) < 4.78 is 5.29. The zero-order valence-electron chi connectivity index (χ0n) is 8.38. The van der Waals surface area contributed by atoms with Crippen LogP contribution >= 0.6 is 0 Å². The Labute approximate surface area is 88.0 Å². The number of aliphatic hydroxyl groups excluding tert-OH is 1. The summed E-state index contributed by atoms with van der Waals surface area (Å²) in [5.41, 5.74) is -0.325. The summed E-state index contributed by atoms with van der Waals surface area (Å²) in [7, 11) is 0. The summed E-state index contributed by atoms with van der Waals surface area (Å²) in [6, 6.07) is 9.16. The van der Waals surface area contributed by atoms with Crippen LogP contribution in [0.4, 0.5) is 0 Å². The number of aliphatic hydroxyl groups is 1. The van der Waals surface area contributed by atoms with Crippen molar-refractivity contribution in [2.75, 3.05) is 0 Å². The highest BCUT2D eigenvalue weighted by atomic mass is 16.6. The molecule has 1 aromatic rings. The van der Waals surface area contributed by atoms with E-state index in [0.29, 0.717) is 0 Å². The molecule has 1 aromatic carbocycles. The van der Waals surface area contributed by atoms with Gasteiger partial charge in [-0.25, -0.2) is 0 Å². The molecule has 0 bridgehead atoms. The molecule has 0 saturated heterocycles. The van der Waals surface area contributed by atoms with Crippen LogP contribution in [0.1, 0.15) is 12.5 Å². The standard InChI is InChI=1S/C12H12O3/c1-12(9-5-3-2-4-6-9)10(13)7-8-11(14)15-12/h2-8,11,14H,1H3/t11-,12?/m1/s1. The number of rotatable bonds is 1. The molecule has 1 N–H and O–H groups in total. The van der Waals surface area contributed by atoms with E-state index < -0.39 is 11.9 Å². The lowest BCUT2D eigenvalue weighted by atomic mass is 9.89. The second-order valence-corrected chi connectivity index (χ2v) is 3.63. The molecule has 0 spiro atoms. The Kier molecular flexibility index (Phi) is 2.42. The summed E-state index contributed by atoms with van der Waals surface area (Å²) >= 11 is 0. The number of carbonyl (C=O) groups is 1. The molecule has 15 heavy (non-hydrogen) atoms. The van der Waals surface area contributed by atoms with Crippen molar-refractivity contribution in [3.05, 3.63) is 48.0 Å². The van der Waals surface area contributed by atoms with Crippen molar-refractivity contribution in [3.63, 3.8) is 0 Å². The summed E-state index contributed by atoms with van der Waals surface area (Å²) in [5, 5.41) is 9.36. The van der Waals surface area contributed by atoms with E-state index in [1.54, 1.807) is 6.92 Å². The van der Waals surface area contributed by atoms with Gasteiger partial charge >= 0.3 is 0 Å². The second-order valence-electron chi connectivity index (χ2n) is 3.63. The monoisotopic (exact) mass is 204 g/mol. The number of hydrogen-bond acceptors (Lipinski definition) is 3. The molecule has 0 aromatic heterocycles. The van der Waals surface area contributed by atoms with Gasteiger partial charge in [-0.2, -0.15) is 0 Å². The maximum Gasteiger partial charge on any atom is 0.191 e. The van der Waals surface area contributed by atoms with E-state index in [9.17, 15) is 9.90 Å². The highest BCUT2D eigenvalue weighted by Gasteiger charge is 2.38. The van der Waals surface area contributed by atoms with E-state index in [0.717, 1.165) is 5.56 Å². The van der Waals surface area contributed by atoms with Crippen LogP contribution < -0.4 is 0 Å². The molecule has 2 atom stereocenters. The highest BCUT2D eigenvalue weighted by Crippen LogP contribution is 2.30. The number of benzene rings is 1. The first kappa shape index (κ1) is 10.1. The van der Waals surface area contributed by atoms with Crippen molar-refractivity contribution in [2.45, 2.75) is 18.8 Å². The predicted molar refractivity (Wildman–Crippen MR) is 55.0 cm³/mol. The molecule has 3 heteroatoms. The fraction of sp³-hybridized carbons (Fsp3) is 0.250. The van der Waals surface area contributed by atoms with Gasteiger partial charge in [0.05, 0.1) is 0 Å². The molecule has 0 amide bonds. The smallest absolute Gasteiger partial charge is 0.191 e. The van der Waals surface area contributed by atoms with Crippen molar-refractivity contribution in [2.24, 2.45) is 0 Å². The molecule has 0 aliphatic carbocycles. The molecular formula is C12H12O3. The van der Waals surface area contributed by atoms with E-state index in [1.165, 1.54) is 12.2 Å². The lowest BCUT2D eigenvalue weighted by Crippen LogP contribution is -2.40. The lowest BCUT2D eigenvalue weighted by molar-refractivity contribution is -0.177. The molecule has 0 fully saturated rings. The van der Waals surface area contributed by atoms with Crippen molar-refractivity contribution in [1.82, 2.24) is 0 Å². The Bertz CT molecular complexity index is 397. The van der Waals surface area contributed by atoms with Crippen molar-refractivity contribution >= 4 is 5.78 Å². The minimum Gasteiger partial charge on any atom is -0.365 e. The fourth-order valence-corrected chi connectivity index (χ4v) is 1.63. The van der Waals surface area contributed by atoms with E-state index in [4.69, 9.17) is 4.74 Å². The number of carbonyl (C=O) groups excluding carboxylic acids is 1. The highest BCUT2D eigenvalue weighted by molar-refractivity contribution is 5.98. The molecule has 0 saturated carbocycles. The van der Waals surface area contributed by atoms with Crippen LogP contribution in [0, 0.1) is 0 Å². The molecule has 0 radical (unpaired) electrons. The summed E-state index contributed by atoms with van der Waals surface area (Å²) in [6.07, 6.45) is 1.68. The zero-order chi connectivity index (χ0) is 10.9. The Hall–Kier alpha value is -1.45. The van der Waals surface area contributed by atoms with E-state index in [2.05, 4.69) is 0 Å². The van der Waals surface area contributed by atoms with Crippen LogP contribution in [0.2, 0.25) is 0 Å². The van der Waals surface area contributed by atoms with Crippen LogP contribution in [0.3, 0.4) is 0 Å². The predicted octanol–water partition coefficient (Wildman–Crippen LogP) is 1.38. The third-order valence-corrected chi connectivity index (χ3v) is 2.56. The van der Waals surface area contributed by atoms with Gasteiger partial charge in [0.25, 0.3) is 0 Å². The topological polar surface area (TPSA) is 46.5 Å². The Morgan fingerprint density at radius 1 is 1.33 bits per heavy atom. The summed E-state index contributed by atoms with van der Waals surface area (Å²) in [5.74, 6) is -0.154. The average molecular weight is 204 g/mol. The first-order valence-electron chi connectivity index (χ1n) is 4.77. The Morgan fingerprint density at radius 3 is 2.67 bits per heavy atom. The van der Waals surface area contributed by atoms with Crippen LogP contribution in [0.15, 0.2) is 42.5 Å². The maximum absolute atomic E-state index is 11.7. The summed E-state index contributed by atoms with van der Waals surface area (Å²) in [6.45, 7) is 1.66. The molecule has 78 valence electrons. The molecule has 1 aliphatic rings. The van der Waals surface area contributed by atoms with Gasteiger partial charge in [-0.05, 0) is 24.6 Å². The minimum absolute atomic E-state index is 0.154. The summed E-state index contributed by atoms with van der Waals surface area (Å²) in [4.78, 5) is 11.7. The quantitative estimate of drug-likeness (QED) is 0.751. The average Bonchev–Trinajstić information content (AvgIpc) is 2.25. The van der Waals surface area contributed by atoms with Crippen LogP contribution in [0.25, 0.3) is 0 Å². The van der Waals surface area contributed by atoms with Crippen LogP contribution in [-0.4, -0.2) is 17.2 Å². The second kappa shape index (κ2) is 3.61. The van der Waals surface area contributed by atoms with Gasteiger partial charge in [0.2, 0.25) is 0 Å². The van der Waals surface area contributed by atoms with E-state index in [-0.39, 0.29) is 5.78 Å². The Balaban J connectivity index is 2.42. The lowest BCUT2D eigenvalue weighted by Gasteiger charge is -2.32. The third kappa shape index (κ3) is 1.71. The van der Waals surface area contributed by atoms with Gasteiger partial charge in [0, 0.05) is 0 Å². The van der Waals surface area contributed by atoms with Crippen LogP contribution in [0.5, 0.6) is 0 Å². The first-order valence-corrected chi connectivity index (χ1v) is 4.77. The third-order valence-electron chi connectivity index (χ3n) is 2.56. The number of hydrogen-bond donors (Lipinski definition) is 1.